The first-order chi connectivity index (χ1) is 8.99. The van der Waals surface area contributed by atoms with Gasteiger partial charge in [0.1, 0.15) is 20.9 Å². The number of benzene rings is 1. The highest BCUT2D eigenvalue weighted by Crippen LogP contribution is 2.19. The molecule has 0 fully saturated rings. The van der Waals surface area contributed by atoms with Crippen LogP contribution in [0.15, 0.2) is 35.5 Å². The number of oxime groups is 1. The van der Waals surface area contributed by atoms with E-state index in [1.807, 2.05) is 6.08 Å². The molecule has 1 aliphatic rings. The van der Waals surface area contributed by atoms with Gasteiger partial charge in [0.2, 0.25) is 0 Å². The lowest BCUT2D eigenvalue weighted by Gasteiger charge is -2.12. The second kappa shape index (κ2) is 5.46. The fourth-order valence-corrected chi connectivity index (χ4v) is 2.41. The van der Waals surface area contributed by atoms with Gasteiger partial charge in [-0.25, -0.2) is 0 Å². The summed E-state index contributed by atoms with van der Waals surface area (Å²) >= 11 is 0. The number of hydrogen-bond acceptors (Lipinski definition) is 2. The van der Waals surface area contributed by atoms with Gasteiger partial charge in [-0.1, -0.05) is 42.9 Å². The van der Waals surface area contributed by atoms with Crippen LogP contribution in [-0.4, -0.2) is 20.9 Å². The number of hydrogen-bond donors (Lipinski definition) is 0. The predicted octanol–water partition coefficient (Wildman–Crippen LogP) is 3.38. The fourth-order valence-electron chi connectivity index (χ4n) is 1.90. The first-order valence-electron chi connectivity index (χ1n) is 6.44. The predicted molar refractivity (Wildman–Crippen MR) is 83.1 cm³/mol. The molecule has 98 valence electrons. The normalized spacial score (nSPS) is 15.7. The maximum Gasteiger partial charge on any atom is 0.129 e. The average Bonchev–Trinajstić information content (AvgIpc) is 2.36. The Bertz CT molecular complexity index is 597. The molecule has 19 heavy (non-hydrogen) atoms. The van der Waals surface area contributed by atoms with Crippen molar-refractivity contribution in [3.05, 3.63) is 47.0 Å². The highest BCUT2D eigenvalue weighted by Gasteiger charge is 2.12. The summed E-state index contributed by atoms with van der Waals surface area (Å²) in [6.45, 7) is 6.75. The van der Waals surface area contributed by atoms with Gasteiger partial charge in [-0.15, -0.1) is 5.54 Å². The molecule has 0 saturated carbocycles. The van der Waals surface area contributed by atoms with Crippen LogP contribution in [-0.2, 0) is 11.3 Å². The van der Waals surface area contributed by atoms with Gasteiger partial charge in [0.15, 0.2) is 0 Å². The third kappa shape index (κ3) is 3.58. The van der Waals surface area contributed by atoms with Crippen molar-refractivity contribution >= 4 is 13.8 Å². The lowest BCUT2D eigenvalue weighted by molar-refractivity contribution is 0.214. The van der Waals surface area contributed by atoms with Crippen molar-refractivity contribution in [2.24, 2.45) is 5.16 Å². The molecule has 0 bridgehead atoms. The molecule has 0 saturated heterocycles. The Morgan fingerprint density at radius 3 is 2.74 bits per heavy atom. The Kier molecular flexibility index (Phi) is 3.92. The summed E-state index contributed by atoms with van der Waals surface area (Å²) in [5.74, 6) is 3.29. The molecule has 1 aromatic carbocycles. The van der Waals surface area contributed by atoms with Crippen molar-refractivity contribution in [3.8, 4) is 11.5 Å². The van der Waals surface area contributed by atoms with Crippen LogP contribution >= 0.6 is 0 Å². The van der Waals surface area contributed by atoms with Crippen LogP contribution in [0.1, 0.15) is 16.7 Å². The number of nitrogens with zero attached hydrogens (tertiary/aromatic N) is 1. The van der Waals surface area contributed by atoms with Crippen molar-refractivity contribution in [2.75, 3.05) is 7.11 Å². The lowest BCUT2D eigenvalue weighted by atomic mass is 9.93. The first-order valence-corrected chi connectivity index (χ1v) is 9.94. The van der Waals surface area contributed by atoms with Gasteiger partial charge in [0, 0.05) is 11.1 Å². The molecular formula is C16H19NOSi. The monoisotopic (exact) mass is 269 g/mol. The van der Waals surface area contributed by atoms with E-state index >= 15 is 0 Å². The molecule has 0 aromatic heterocycles. The van der Waals surface area contributed by atoms with E-state index in [9.17, 15) is 0 Å². The van der Waals surface area contributed by atoms with Crippen molar-refractivity contribution in [1.82, 2.24) is 0 Å². The Balaban J connectivity index is 2.40. The van der Waals surface area contributed by atoms with Crippen molar-refractivity contribution in [1.29, 1.82) is 0 Å². The summed E-state index contributed by atoms with van der Waals surface area (Å²) in [7, 11) is 0.236. The van der Waals surface area contributed by atoms with Gasteiger partial charge >= 0.3 is 0 Å². The third-order valence-corrected chi connectivity index (χ3v) is 3.65. The summed E-state index contributed by atoms with van der Waals surface area (Å²) in [6.07, 6.45) is 5.05. The molecule has 2 nitrogen and oxygen atoms in total. The summed E-state index contributed by atoms with van der Waals surface area (Å²) in [5, 5.41) is 4.07. The summed E-state index contributed by atoms with van der Waals surface area (Å²) in [5.41, 5.74) is 7.73. The molecule has 2 rings (SSSR count). The SMILES string of the molecule is CON=C1C=CCc2ccc(C#C[Si](C)(C)C)cc21. The fraction of sp³-hybridized carbons (Fsp3) is 0.312. The van der Waals surface area contributed by atoms with Crippen LogP contribution in [0.5, 0.6) is 0 Å². The summed E-state index contributed by atoms with van der Waals surface area (Å²) in [4.78, 5) is 4.90. The van der Waals surface area contributed by atoms with E-state index in [-0.39, 0.29) is 0 Å². The Morgan fingerprint density at radius 2 is 2.05 bits per heavy atom. The molecule has 0 radical (unpaired) electrons. The summed E-state index contributed by atoms with van der Waals surface area (Å²) < 4.78 is 0. The molecule has 0 unspecified atom stereocenters. The van der Waals surface area contributed by atoms with Gasteiger partial charge in [0.05, 0.1) is 0 Å². The minimum Gasteiger partial charge on any atom is -0.399 e. The number of fused-ring (bicyclic) bond motifs is 1. The maximum atomic E-state index is 4.90. The molecule has 0 spiro atoms. The van der Waals surface area contributed by atoms with Crippen LogP contribution in [0.3, 0.4) is 0 Å². The molecule has 0 atom stereocenters. The second-order valence-corrected chi connectivity index (χ2v) is 10.4. The highest BCUT2D eigenvalue weighted by molar-refractivity contribution is 6.83. The number of rotatable bonds is 1. The van der Waals surface area contributed by atoms with E-state index in [0.29, 0.717) is 0 Å². The lowest BCUT2D eigenvalue weighted by Crippen LogP contribution is -2.16. The zero-order valence-electron chi connectivity index (χ0n) is 11.9. The van der Waals surface area contributed by atoms with E-state index in [1.165, 1.54) is 5.56 Å². The Hall–Kier alpha value is -1.79. The van der Waals surface area contributed by atoms with E-state index in [2.05, 4.69) is 60.5 Å². The van der Waals surface area contributed by atoms with Crippen LogP contribution in [0.2, 0.25) is 19.6 Å². The third-order valence-electron chi connectivity index (χ3n) is 2.77. The standard InChI is InChI=1S/C16H19NOSi/c1-18-17-16-7-5-6-14-9-8-13(12-15(14)16)10-11-19(2,3)4/h5,7-9,12H,6H2,1-4H3. The highest BCUT2D eigenvalue weighted by atomic mass is 28.3. The molecule has 0 heterocycles. The van der Waals surface area contributed by atoms with E-state index in [1.54, 1.807) is 7.11 Å². The van der Waals surface area contributed by atoms with Crippen molar-refractivity contribution in [3.63, 3.8) is 0 Å². The van der Waals surface area contributed by atoms with Crippen LogP contribution in [0.25, 0.3) is 0 Å². The molecule has 3 heteroatoms. The van der Waals surface area contributed by atoms with Crippen LogP contribution < -0.4 is 0 Å². The minimum atomic E-state index is -1.34. The van der Waals surface area contributed by atoms with E-state index in [4.69, 9.17) is 4.84 Å². The topological polar surface area (TPSA) is 21.6 Å². The molecule has 1 aromatic rings. The van der Waals surface area contributed by atoms with Crippen molar-refractivity contribution < 1.29 is 4.84 Å². The molecule has 0 amide bonds. The van der Waals surface area contributed by atoms with Gasteiger partial charge in [-0.05, 0) is 30.2 Å². The van der Waals surface area contributed by atoms with Gasteiger partial charge in [-0.3, -0.25) is 0 Å². The molecule has 0 aliphatic heterocycles. The molecule has 0 N–H and O–H groups in total. The van der Waals surface area contributed by atoms with Crippen LogP contribution in [0.4, 0.5) is 0 Å². The zero-order valence-corrected chi connectivity index (χ0v) is 12.9. The second-order valence-electron chi connectivity index (χ2n) is 5.64. The van der Waals surface area contributed by atoms with Crippen molar-refractivity contribution in [2.45, 2.75) is 26.1 Å². The Labute approximate surface area is 116 Å². The molecule has 1 aliphatic carbocycles. The van der Waals surface area contributed by atoms with Gasteiger partial charge in [0.25, 0.3) is 0 Å². The number of allylic oxidation sites excluding steroid dienone is 2. The van der Waals surface area contributed by atoms with Gasteiger partial charge in [-0.2, -0.15) is 0 Å². The quantitative estimate of drug-likeness (QED) is 0.435. The van der Waals surface area contributed by atoms with Gasteiger partial charge < -0.3 is 4.84 Å². The molecular weight excluding hydrogens is 250 g/mol. The maximum absolute atomic E-state index is 4.90. The summed E-state index contributed by atoms with van der Waals surface area (Å²) in [6, 6.07) is 6.34. The average molecular weight is 269 g/mol. The smallest absolute Gasteiger partial charge is 0.129 e. The largest absolute Gasteiger partial charge is 0.399 e. The first kappa shape index (κ1) is 13.6. The van der Waals surface area contributed by atoms with E-state index in [0.717, 1.165) is 23.3 Å². The zero-order chi connectivity index (χ0) is 13.9. The van der Waals surface area contributed by atoms with E-state index < -0.39 is 8.07 Å². The minimum absolute atomic E-state index is 0.875. The van der Waals surface area contributed by atoms with Crippen LogP contribution in [0, 0.1) is 11.5 Å². The Morgan fingerprint density at radius 1 is 1.26 bits per heavy atom.